The van der Waals surface area contributed by atoms with Crippen molar-refractivity contribution < 1.29 is 9.53 Å². The third-order valence-electron chi connectivity index (χ3n) is 3.41. The van der Waals surface area contributed by atoms with Gasteiger partial charge in [-0.3, -0.25) is 0 Å². The Kier molecular flexibility index (Phi) is 7.45. The Balaban J connectivity index is 4.64. The van der Waals surface area contributed by atoms with E-state index < -0.39 is 22.5 Å². The lowest BCUT2D eigenvalue weighted by Gasteiger charge is -2.32. The zero-order chi connectivity index (χ0) is 14.4. The molecule has 0 saturated carbocycles. The Morgan fingerprint density at radius 3 is 1.83 bits per heavy atom. The summed E-state index contributed by atoms with van der Waals surface area (Å²) >= 11 is 0. The van der Waals surface area contributed by atoms with Crippen LogP contribution >= 0.6 is 0 Å². The normalized spacial score (nSPS) is 15.8. The Labute approximate surface area is 115 Å². The van der Waals surface area contributed by atoms with Gasteiger partial charge in [-0.1, -0.05) is 46.3 Å². The molecule has 0 heterocycles. The van der Waals surface area contributed by atoms with Crippen molar-refractivity contribution >= 4 is 16.4 Å². The second kappa shape index (κ2) is 7.49. The predicted octanol–water partition coefficient (Wildman–Crippen LogP) is 3.64. The van der Waals surface area contributed by atoms with Crippen LogP contribution in [0.25, 0.3) is 0 Å². The van der Waals surface area contributed by atoms with Gasteiger partial charge < -0.3 is 9.53 Å². The summed E-state index contributed by atoms with van der Waals surface area (Å²) in [4.78, 5) is 0. The maximum atomic E-state index is 10.1. The van der Waals surface area contributed by atoms with E-state index in [0.29, 0.717) is 0 Å². The first-order chi connectivity index (χ1) is 8.19. The zero-order valence-corrected chi connectivity index (χ0v) is 15.1. The van der Waals surface area contributed by atoms with Gasteiger partial charge in [-0.15, -0.1) is 5.54 Å². The number of aliphatic hydroxyl groups is 1. The molecule has 0 aliphatic carbocycles. The van der Waals surface area contributed by atoms with Gasteiger partial charge in [0.05, 0.1) is 6.10 Å². The summed E-state index contributed by atoms with van der Waals surface area (Å²) in [5, 5.41) is 10.1. The van der Waals surface area contributed by atoms with E-state index in [1.54, 1.807) is 0 Å². The molecule has 106 valence electrons. The molecule has 0 radical (unpaired) electrons. The highest BCUT2D eigenvalue weighted by Crippen LogP contribution is 2.24. The van der Waals surface area contributed by atoms with Crippen molar-refractivity contribution in [2.75, 3.05) is 0 Å². The van der Waals surface area contributed by atoms with Gasteiger partial charge in [0.2, 0.25) is 0 Å². The first-order valence-electron chi connectivity index (χ1n) is 7.08. The van der Waals surface area contributed by atoms with E-state index in [4.69, 9.17) is 4.43 Å². The molecule has 0 unspecified atom stereocenters. The van der Waals surface area contributed by atoms with Crippen LogP contribution < -0.4 is 0 Å². The second-order valence-electron chi connectivity index (χ2n) is 6.03. The van der Waals surface area contributed by atoms with Crippen LogP contribution in [0.4, 0.5) is 0 Å². The van der Waals surface area contributed by atoms with E-state index in [2.05, 4.69) is 51.9 Å². The van der Waals surface area contributed by atoms with Crippen molar-refractivity contribution in [2.45, 2.75) is 77.7 Å². The van der Waals surface area contributed by atoms with E-state index in [-0.39, 0.29) is 6.10 Å². The minimum atomic E-state index is -1.63. The molecule has 0 amide bonds. The van der Waals surface area contributed by atoms with Crippen LogP contribution in [0, 0.1) is 11.5 Å². The lowest BCUT2D eigenvalue weighted by Crippen LogP contribution is -2.42. The van der Waals surface area contributed by atoms with Crippen LogP contribution in [0.2, 0.25) is 37.8 Å². The van der Waals surface area contributed by atoms with Gasteiger partial charge in [0.25, 0.3) is 0 Å². The summed E-state index contributed by atoms with van der Waals surface area (Å²) < 4.78 is 6.21. The summed E-state index contributed by atoms with van der Waals surface area (Å²) in [6, 6.07) is 3.33. The van der Waals surface area contributed by atoms with Gasteiger partial charge in [-0.25, -0.2) is 0 Å². The Morgan fingerprint density at radius 1 is 1.06 bits per heavy atom. The quantitative estimate of drug-likeness (QED) is 0.597. The van der Waals surface area contributed by atoms with Crippen LogP contribution in [-0.4, -0.2) is 33.7 Å². The summed E-state index contributed by atoms with van der Waals surface area (Å²) in [7, 11) is -3.05. The molecule has 2 nitrogen and oxygen atoms in total. The van der Waals surface area contributed by atoms with Gasteiger partial charge in [0.15, 0.2) is 8.32 Å². The van der Waals surface area contributed by atoms with Crippen molar-refractivity contribution in [1.82, 2.24) is 0 Å². The minimum absolute atomic E-state index is 0.166. The number of hydrogen-bond acceptors (Lipinski definition) is 2. The second-order valence-corrected chi connectivity index (χ2v) is 15.5. The van der Waals surface area contributed by atoms with E-state index in [0.717, 1.165) is 18.1 Å². The molecule has 0 aromatic carbocycles. The average molecular weight is 287 g/mol. The third-order valence-corrected chi connectivity index (χ3v) is 9.04. The molecule has 0 aromatic heterocycles. The first-order valence-corrected chi connectivity index (χ1v) is 13.1. The molecule has 18 heavy (non-hydrogen) atoms. The van der Waals surface area contributed by atoms with E-state index >= 15 is 0 Å². The van der Waals surface area contributed by atoms with Crippen molar-refractivity contribution in [3.8, 4) is 11.5 Å². The van der Waals surface area contributed by atoms with Crippen molar-refractivity contribution in [3.05, 3.63) is 0 Å². The Bertz CT molecular complexity index is 287. The fourth-order valence-corrected chi connectivity index (χ4v) is 5.37. The first kappa shape index (κ1) is 17.9. The summed E-state index contributed by atoms with van der Waals surface area (Å²) in [6.45, 7) is 15.1. The highest BCUT2D eigenvalue weighted by molar-refractivity contribution is 6.83. The molecule has 0 aliphatic heterocycles. The van der Waals surface area contributed by atoms with Crippen LogP contribution in [0.1, 0.15) is 27.7 Å². The largest absolute Gasteiger partial charge is 0.411 e. The fourth-order valence-electron chi connectivity index (χ4n) is 1.87. The molecular weight excluding hydrogens is 256 g/mol. The maximum Gasteiger partial charge on any atom is 0.192 e. The van der Waals surface area contributed by atoms with E-state index in [1.165, 1.54) is 0 Å². The molecule has 0 aromatic rings. The third kappa shape index (κ3) is 6.19. The highest BCUT2D eigenvalue weighted by Gasteiger charge is 2.32. The summed E-state index contributed by atoms with van der Waals surface area (Å²) in [5.74, 6) is 2.98. The smallest absolute Gasteiger partial charge is 0.192 e. The molecule has 0 aliphatic rings. The van der Waals surface area contributed by atoms with Gasteiger partial charge >= 0.3 is 0 Å². The van der Waals surface area contributed by atoms with Crippen LogP contribution in [0.5, 0.6) is 0 Å². The fraction of sp³-hybridized carbons (Fsp3) is 0.857. The summed E-state index contributed by atoms with van der Waals surface area (Å²) in [6.07, 6.45) is -0.811. The predicted molar refractivity (Wildman–Crippen MR) is 84.9 cm³/mol. The van der Waals surface area contributed by atoms with Crippen LogP contribution in [0.15, 0.2) is 0 Å². The standard InChI is InChI=1S/C14H30O2Si2/c1-8-18(9-2,10-3)16-13(4)14(15)11-12-17(5,6)7/h13-15H,8-10H2,1-7H3/t13-,14-/m0/s1. The van der Waals surface area contributed by atoms with Crippen molar-refractivity contribution in [1.29, 1.82) is 0 Å². The lowest BCUT2D eigenvalue weighted by molar-refractivity contribution is 0.0772. The van der Waals surface area contributed by atoms with E-state index in [1.807, 2.05) is 6.92 Å². The molecule has 0 bridgehead atoms. The summed E-state index contributed by atoms with van der Waals surface area (Å²) in [5.41, 5.74) is 3.22. The molecule has 1 N–H and O–H groups in total. The number of hydrogen-bond donors (Lipinski definition) is 1. The van der Waals surface area contributed by atoms with Crippen LogP contribution in [-0.2, 0) is 4.43 Å². The SMILES string of the molecule is CC[Si](CC)(CC)O[C@@H](C)[C@@H](O)C#C[Si](C)(C)C. The van der Waals surface area contributed by atoms with E-state index in [9.17, 15) is 5.11 Å². The van der Waals surface area contributed by atoms with Gasteiger partial charge in [-0.2, -0.15) is 0 Å². The zero-order valence-electron chi connectivity index (χ0n) is 13.1. The molecule has 0 fully saturated rings. The molecule has 0 rings (SSSR count). The molecule has 0 spiro atoms. The monoisotopic (exact) mass is 286 g/mol. The van der Waals surface area contributed by atoms with Crippen LogP contribution in [0.3, 0.4) is 0 Å². The molecule has 0 saturated heterocycles. The van der Waals surface area contributed by atoms with Gasteiger partial charge in [0, 0.05) is 0 Å². The topological polar surface area (TPSA) is 29.5 Å². The molecule has 4 heteroatoms. The maximum absolute atomic E-state index is 10.1. The Hall–Kier alpha value is -0.0862. The average Bonchev–Trinajstić information content (AvgIpc) is 2.32. The Morgan fingerprint density at radius 2 is 1.50 bits per heavy atom. The van der Waals surface area contributed by atoms with Gasteiger partial charge in [0.1, 0.15) is 14.2 Å². The van der Waals surface area contributed by atoms with Crippen molar-refractivity contribution in [3.63, 3.8) is 0 Å². The number of rotatable bonds is 6. The van der Waals surface area contributed by atoms with Gasteiger partial charge in [-0.05, 0) is 25.1 Å². The molecule has 2 atom stereocenters. The van der Waals surface area contributed by atoms with Crippen molar-refractivity contribution in [2.24, 2.45) is 0 Å². The minimum Gasteiger partial charge on any atom is -0.411 e. The highest BCUT2D eigenvalue weighted by atomic mass is 28.4. The molecular formula is C14H30O2Si2. The number of aliphatic hydroxyl groups excluding tert-OH is 1. The lowest BCUT2D eigenvalue weighted by atomic mass is 10.2.